The van der Waals surface area contributed by atoms with E-state index in [4.69, 9.17) is 0 Å². The average molecular weight is 303 g/mol. The lowest BCUT2D eigenvalue weighted by molar-refractivity contribution is 1.24. The molecule has 0 aromatic carbocycles. The van der Waals surface area contributed by atoms with E-state index in [0.717, 1.165) is 22.8 Å². The summed E-state index contributed by atoms with van der Waals surface area (Å²) in [7, 11) is 0. The number of hydrogen-bond acceptors (Lipinski definition) is 4. The summed E-state index contributed by atoms with van der Waals surface area (Å²) >= 11 is 0. The smallest absolute Gasteiger partial charge is 0.152 e. The van der Waals surface area contributed by atoms with Crippen LogP contribution in [0.2, 0.25) is 0 Å². The molecule has 0 aliphatic carbocycles. The third kappa shape index (κ3) is 3.77. The van der Waals surface area contributed by atoms with Crippen LogP contribution in [0.15, 0.2) is 70.9 Å². The molecule has 0 atom stereocenters. The Labute approximate surface area is 134 Å². The molecular weight excluding hydrogens is 286 g/mol. The maximum Gasteiger partial charge on any atom is 0.152 e. The first-order valence-electron chi connectivity index (χ1n) is 7.35. The summed E-state index contributed by atoms with van der Waals surface area (Å²) in [6.07, 6.45) is 3.46. The van der Waals surface area contributed by atoms with Gasteiger partial charge in [-0.1, -0.05) is 12.1 Å². The Kier molecular flexibility index (Phi) is 4.38. The number of rotatable bonds is 4. The standard InChI is InChI=1S/C18H17N5/c1-13(21-17-7-3-5-11-19-17)15-9-10-16(23-15)14(2)22-18-8-4-6-12-20-18/h3-12,23H,1-2H3. The van der Waals surface area contributed by atoms with Gasteiger partial charge in [0.25, 0.3) is 0 Å². The SMILES string of the molecule is CC(=Nc1ccccn1)c1ccc(C(C)=Nc2ccccn2)[nH]1. The topological polar surface area (TPSA) is 66.3 Å². The molecule has 0 aliphatic rings. The van der Waals surface area contributed by atoms with Gasteiger partial charge in [0.15, 0.2) is 11.6 Å². The second-order valence-electron chi connectivity index (χ2n) is 5.06. The fourth-order valence-electron chi connectivity index (χ4n) is 2.12. The van der Waals surface area contributed by atoms with E-state index in [2.05, 4.69) is 24.9 Å². The van der Waals surface area contributed by atoms with E-state index >= 15 is 0 Å². The van der Waals surface area contributed by atoms with Gasteiger partial charge in [-0.25, -0.2) is 20.0 Å². The first kappa shape index (κ1) is 14.8. The average Bonchev–Trinajstić information content (AvgIpc) is 3.07. The molecule has 3 rings (SSSR count). The van der Waals surface area contributed by atoms with Gasteiger partial charge in [0.1, 0.15) is 0 Å². The molecule has 0 radical (unpaired) electrons. The van der Waals surface area contributed by atoms with Crippen molar-refractivity contribution in [3.8, 4) is 0 Å². The van der Waals surface area contributed by atoms with Crippen molar-refractivity contribution in [3.05, 3.63) is 72.3 Å². The maximum absolute atomic E-state index is 4.51. The number of hydrogen-bond donors (Lipinski definition) is 1. The van der Waals surface area contributed by atoms with Gasteiger partial charge in [0.2, 0.25) is 0 Å². The molecule has 3 heterocycles. The number of aromatic nitrogens is 3. The first-order valence-corrected chi connectivity index (χ1v) is 7.35. The molecule has 3 aromatic heterocycles. The minimum atomic E-state index is 0.694. The van der Waals surface area contributed by atoms with Crippen LogP contribution in [-0.4, -0.2) is 26.4 Å². The largest absolute Gasteiger partial charge is 0.353 e. The van der Waals surface area contributed by atoms with Crippen LogP contribution in [0, 0.1) is 0 Å². The molecule has 5 nitrogen and oxygen atoms in total. The van der Waals surface area contributed by atoms with Crippen molar-refractivity contribution in [3.63, 3.8) is 0 Å². The second kappa shape index (κ2) is 6.79. The number of nitrogens with one attached hydrogen (secondary N) is 1. The fraction of sp³-hybridized carbons (Fsp3) is 0.111. The molecule has 0 saturated carbocycles. The van der Waals surface area contributed by atoms with Gasteiger partial charge in [0.05, 0.1) is 22.8 Å². The summed E-state index contributed by atoms with van der Waals surface area (Å²) in [4.78, 5) is 20.8. The van der Waals surface area contributed by atoms with Gasteiger partial charge in [0, 0.05) is 12.4 Å². The molecule has 0 fully saturated rings. The molecule has 0 spiro atoms. The summed E-state index contributed by atoms with van der Waals surface area (Å²) in [5, 5.41) is 0. The van der Waals surface area contributed by atoms with Crippen molar-refractivity contribution in [1.82, 2.24) is 15.0 Å². The van der Waals surface area contributed by atoms with Gasteiger partial charge in [-0.2, -0.15) is 0 Å². The van der Waals surface area contributed by atoms with Crippen molar-refractivity contribution in [2.45, 2.75) is 13.8 Å². The number of nitrogens with zero attached hydrogens (tertiary/aromatic N) is 4. The molecule has 0 amide bonds. The molecular formula is C18H17N5. The lowest BCUT2D eigenvalue weighted by Gasteiger charge is -1.99. The van der Waals surface area contributed by atoms with Crippen molar-refractivity contribution in [2.24, 2.45) is 9.98 Å². The summed E-state index contributed by atoms with van der Waals surface area (Å²) in [5.74, 6) is 1.39. The van der Waals surface area contributed by atoms with Crippen LogP contribution < -0.4 is 0 Å². The zero-order valence-corrected chi connectivity index (χ0v) is 13.1. The Morgan fingerprint density at radius 3 is 1.61 bits per heavy atom. The van der Waals surface area contributed by atoms with Crippen LogP contribution in [0.1, 0.15) is 25.2 Å². The molecule has 23 heavy (non-hydrogen) atoms. The predicted octanol–water partition coefficient (Wildman–Crippen LogP) is 4.09. The highest BCUT2D eigenvalue weighted by Crippen LogP contribution is 2.13. The third-order valence-electron chi connectivity index (χ3n) is 3.33. The number of aromatic amines is 1. The highest BCUT2D eigenvalue weighted by atomic mass is 14.9. The zero-order chi connectivity index (χ0) is 16.1. The summed E-state index contributed by atoms with van der Waals surface area (Å²) in [5.41, 5.74) is 3.64. The van der Waals surface area contributed by atoms with E-state index in [-0.39, 0.29) is 0 Å². The maximum atomic E-state index is 4.51. The summed E-state index contributed by atoms with van der Waals surface area (Å²) in [6.45, 7) is 3.91. The number of pyridine rings is 2. The van der Waals surface area contributed by atoms with Crippen LogP contribution in [0.3, 0.4) is 0 Å². The first-order chi connectivity index (χ1) is 11.2. The van der Waals surface area contributed by atoms with E-state index in [0.29, 0.717) is 11.6 Å². The van der Waals surface area contributed by atoms with E-state index in [1.54, 1.807) is 12.4 Å². The minimum absolute atomic E-state index is 0.694. The van der Waals surface area contributed by atoms with Gasteiger partial charge in [-0.05, 0) is 50.2 Å². The minimum Gasteiger partial charge on any atom is -0.353 e. The monoisotopic (exact) mass is 303 g/mol. The quantitative estimate of drug-likeness (QED) is 0.738. The lowest BCUT2D eigenvalue weighted by atomic mass is 10.3. The van der Waals surface area contributed by atoms with Crippen LogP contribution in [0.5, 0.6) is 0 Å². The Hall–Kier alpha value is -3.08. The van der Waals surface area contributed by atoms with Gasteiger partial charge in [-0.3, -0.25) is 0 Å². The Balaban J connectivity index is 1.83. The lowest BCUT2D eigenvalue weighted by Crippen LogP contribution is -1.99. The molecule has 5 heteroatoms. The fourth-order valence-corrected chi connectivity index (χ4v) is 2.12. The van der Waals surface area contributed by atoms with Crippen LogP contribution >= 0.6 is 0 Å². The Morgan fingerprint density at radius 2 is 1.22 bits per heavy atom. The van der Waals surface area contributed by atoms with Crippen molar-refractivity contribution >= 4 is 23.1 Å². The van der Waals surface area contributed by atoms with Gasteiger partial charge in [-0.15, -0.1) is 0 Å². The predicted molar refractivity (Wildman–Crippen MR) is 93.0 cm³/mol. The summed E-state index contributed by atoms with van der Waals surface area (Å²) < 4.78 is 0. The molecule has 0 bridgehead atoms. The van der Waals surface area contributed by atoms with Crippen LogP contribution in [-0.2, 0) is 0 Å². The third-order valence-corrected chi connectivity index (χ3v) is 3.33. The molecule has 0 aliphatic heterocycles. The number of aliphatic imine (C=N–C) groups is 2. The van der Waals surface area contributed by atoms with Crippen LogP contribution in [0.25, 0.3) is 0 Å². The van der Waals surface area contributed by atoms with Gasteiger partial charge >= 0.3 is 0 Å². The Bertz CT molecular complexity index is 762. The molecule has 114 valence electrons. The summed E-state index contributed by atoms with van der Waals surface area (Å²) in [6, 6.07) is 15.3. The zero-order valence-electron chi connectivity index (χ0n) is 13.1. The van der Waals surface area contributed by atoms with Crippen LogP contribution in [0.4, 0.5) is 11.6 Å². The molecule has 0 saturated heterocycles. The normalized spacial score (nSPS) is 12.4. The Morgan fingerprint density at radius 1 is 0.739 bits per heavy atom. The second-order valence-corrected chi connectivity index (χ2v) is 5.06. The van der Waals surface area contributed by atoms with E-state index in [9.17, 15) is 0 Å². The van der Waals surface area contributed by atoms with Crippen molar-refractivity contribution in [1.29, 1.82) is 0 Å². The number of H-pyrrole nitrogens is 1. The molecule has 1 N–H and O–H groups in total. The molecule has 3 aromatic rings. The molecule has 0 unspecified atom stereocenters. The van der Waals surface area contributed by atoms with Crippen molar-refractivity contribution < 1.29 is 0 Å². The van der Waals surface area contributed by atoms with E-state index in [1.807, 2.05) is 62.4 Å². The van der Waals surface area contributed by atoms with Gasteiger partial charge < -0.3 is 4.98 Å². The van der Waals surface area contributed by atoms with E-state index < -0.39 is 0 Å². The highest BCUT2D eigenvalue weighted by Gasteiger charge is 2.05. The highest BCUT2D eigenvalue weighted by molar-refractivity contribution is 6.03. The van der Waals surface area contributed by atoms with E-state index in [1.165, 1.54) is 0 Å². The van der Waals surface area contributed by atoms with Crippen molar-refractivity contribution in [2.75, 3.05) is 0 Å².